The lowest BCUT2D eigenvalue weighted by Gasteiger charge is -2.45. The van der Waals surface area contributed by atoms with Gasteiger partial charge in [0.05, 0.1) is 20.3 Å². The Morgan fingerprint density at radius 2 is 2.00 bits per heavy atom. The number of carbonyl (C=O) groups is 1. The highest BCUT2D eigenvalue weighted by Crippen LogP contribution is 2.28. The Bertz CT molecular complexity index is 628. The molecule has 0 unspecified atom stereocenters. The number of piperidine rings is 1. The molecular weight excluding hydrogens is 340 g/mol. The summed E-state index contributed by atoms with van der Waals surface area (Å²) in [4.78, 5) is 16.9. The monoisotopic (exact) mass is 374 g/mol. The van der Waals surface area contributed by atoms with Gasteiger partial charge in [-0.2, -0.15) is 0 Å². The lowest BCUT2D eigenvalue weighted by atomic mass is 9.86. The summed E-state index contributed by atoms with van der Waals surface area (Å²) in [6.45, 7) is 11.2. The van der Waals surface area contributed by atoms with E-state index in [0.717, 1.165) is 58.8 Å². The molecule has 5 heteroatoms. The zero-order valence-electron chi connectivity index (χ0n) is 17.1. The fourth-order valence-corrected chi connectivity index (χ4v) is 4.58. The second-order valence-electron chi connectivity index (χ2n) is 8.04. The topological polar surface area (TPSA) is 42.0 Å². The van der Waals surface area contributed by atoms with Crippen LogP contribution < -0.4 is 0 Å². The van der Waals surface area contributed by atoms with Crippen molar-refractivity contribution in [1.29, 1.82) is 0 Å². The van der Waals surface area contributed by atoms with E-state index < -0.39 is 0 Å². The molecule has 0 spiro atoms. The molecule has 1 aromatic carbocycles. The maximum atomic E-state index is 11.7. The molecule has 1 aromatic rings. The number of likely N-dealkylation sites (tertiary alicyclic amines) is 1. The third-order valence-corrected chi connectivity index (χ3v) is 6.13. The zero-order chi connectivity index (χ0) is 19.2. The molecular formula is C22H34N2O3. The van der Waals surface area contributed by atoms with Gasteiger partial charge in [0.2, 0.25) is 0 Å². The van der Waals surface area contributed by atoms with Gasteiger partial charge >= 0.3 is 5.97 Å². The Morgan fingerprint density at radius 1 is 1.22 bits per heavy atom. The molecule has 2 atom stereocenters. The molecule has 0 aromatic heterocycles. The molecule has 0 aliphatic carbocycles. The van der Waals surface area contributed by atoms with Gasteiger partial charge < -0.3 is 9.47 Å². The van der Waals surface area contributed by atoms with Crippen LogP contribution in [0.2, 0.25) is 0 Å². The predicted octanol–water partition coefficient (Wildman–Crippen LogP) is 2.78. The Morgan fingerprint density at radius 3 is 2.70 bits per heavy atom. The number of benzene rings is 1. The van der Waals surface area contributed by atoms with Gasteiger partial charge in [0, 0.05) is 38.6 Å². The molecule has 2 aliphatic heterocycles. The molecule has 2 saturated heterocycles. The van der Waals surface area contributed by atoms with Gasteiger partial charge in [-0.1, -0.05) is 23.8 Å². The van der Waals surface area contributed by atoms with E-state index in [4.69, 9.17) is 9.47 Å². The highest BCUT2D eigenvalue weighted by Gasteiger charge is 2.34. The van der Waals surface area contributed by atoms with Crippen LogP contribution in [0.5, 0.6) is 0 Å². The first-order chi connectivity index (χ1) is 13.1. The Balaban J connectivity index is 1.65. The normalized spacial score (nSPS) is 24.7. The van der Waals surface area contributed by atoms with Gasteiger partial charge in [-0.15, -0.1) is 0 Å². The van der Waals surface area contributed by atoms with Gasteiger partial charge in [-0.3, -0.25) is 14.6 Å². The van der Waals surface area contributed by atoms with Crippen LogP contribution in [0.25, 0.3) is 0 Å². The van der Waals surface area contributed by atoms with E-state index in [-0.39, 0.29) is 5.97 Å². The maximum absolute atomic E-state index is 11.7. The van der Waals surface area contributed by atoms with Crippen LogP contribution in [0.3, 0.4) is 0 Å². The molecule has 2 aliphatic rings. The quantitative estimate of drug-likeness (QED) is 0.716. The van der Waals surface area contributed by atoms with Crippen molar-refractivity contribution in [1.82, 2.24) is 9.80 Å². The minimum absolute atomic E-state index is 0.0952. The lowest BCUT2D eigenvalue weighted by Crippen LogP contribution is -2.53. The minimum atomic E-state index is -0.0952. The van der Waals surface area contributed by atoms with Crippen molar-refractivity contribution in [2.75, 3.05) is 46.5 Å². The van der Waals surface area contributed by atoms with Crippen LogP contribution in [0.15, 0.2) is 18.2 Å². The molecule has 2 fully saturated rings. The van der Waals surface area contributed by atoms with E-state index in [1.807, 2.05) is 0 Å². The smallest absolute Gasteiger partial charge is 0.305 e. The summed E-state index contributed by atoms with van der Waals surface area (Å²) >= 11 is 0. The highest BCUT2D eigenvalue weighted by molar-refractivity contribution is 5.69. The van der Waals surface area contributed by atoms with Crippen molar-refractivity contribution in [3.63, 3.8) is 0 Å². The molecule has 0 amide bonds. The van der Waals surface area contributed by atoms with Crippen molar-refractivity contribution < 1.29 is 14.3 Å². The first-order valence-corrected chi connectivity index (χ1v) is 10.2. The summed E-state index contributed by atoms with van der Waals surface area (Å²) in [7, 11) is 1.48. The van der Waals surface area contributed by atoms with Crippen molar-refractivity contribution in [3.05, 3.63) is 34.9 Å². The van der Waals surface area contributed by atoms with E-state index in [9.17, 15) is 4.79 Å². The number of ether oxygens (including phenoxy) is 2. The number of hydrogen-bond acceptors (Lipinski definition) is 5. The average Bonchev–Trinajstić information content (AvgIpc) is 2.69. The first kappa shape index (κ1) is 20.3. The summed E-state index contributed by atoms with van der Waals surface area (Å²) in [5.41, 5.74) is 4.10. The standard InChI is InChI=1S/C22H34N2O3/c1-17-4-5-19(18(2)14-17)15-23-9-8-21(24-10-12-27-13-11-24)20(16-23)6-7-22(25)26-3/h4-5,14,20-21H,6-13,15-16H2,1-3H3/t20-,21+/m1/s1. The largest absolute Gasteiger partial charge is 0.469 e. The molecule has 0 saturated carbocycles. The average molecular weight is 375 g/mol. The van der Waals surface area contributed by atoms with E-state index in [0.29, 0.717) is 18.4 Å². The number of methoxy groups -OCH3 is 1. The molecule has 150 valence electrons. The van der Waals surface area contributed by atoms with Gasteiger partial charge in [-0.25, -0.2) is 0 Å². The number of nitrogens with zero attached hydrogens (tertiary/aromatic N) is 2. The second kappa shape index (κ2) is 9.67. The van der Waals surface area contributed by atoms with E-state index in [1.54, 1.807) is 0 Å². The number of morpholine rings is 1. The van der Waals surface area contributed by atoms with Crippen molar-refractivity contribution >= 4 is 5.97 Å². The van der Waals surface area contributed by atoms with Gasteiger partial charge in [0.15, 0.2) is 0 Å². The molecule has 3 rings (SSSR count). The molecule has 27 heavy (non-hydrogen) atoms. The van der Waals surface area contributed by atoms with Crippen LogP contribution in [-0.2, 0) is 20.8 Å². The summed E-state index contributed by atoms with van der Waals surface area (Å²) in [6.07, 6.45) is 2.58. The molecule has 0 N–H and O–H groups in total. The SMILES string of the molecule is COC(=O)CC[C@@H]1CN(Cc2ccc(C)cc2C)CC[C@@H]1N1CCOCC1. The van der Waals surface area contributed by atoms with Crippen molar-refractivity contribution in [3.8, 4) is 0 Å². The Hall–Kier alpha value is -1.43. The van der Waals surface area contributed by atoms with E-state index in [2.05, 4.69) is 41.8 Å². The van der Waals surface area contributed by atoms with Gasteiger partial charge in [0.25, 0.3) is 0 Å². The third kappa shape index (κ3) is 5.53. The van der Waals surface area contributed by atoms with E-state index >= 15 is 0 Å². The molecule has 0 bridgehead atoms. The predicted molar refractivity (Wildman–Crippen MR) is 107 cm³/mol. The molecule has 2 heterocycles. The van der Waals surface area contributed by atoms with Crippen molar-refractivity contribution in [2.24, 2.45) is 5.92 Å². The van der Waals surface area contributed by atoms with Gasteiger partial charge in [-0.05, 0) is 50.3 Å². The van der Waals surface area contributed by atoms with Crippen molar-refractivity contribution in [2.45, 2.75) is 45.7 Å². The maximum Gasteiger partial charge on any atom is 0.305 e. The zero-order valence-corrected chi connectivity index (χ0v) is 17.1. The third-order valence-electron chi connectivity index (χ3n) is 6.13. The number of aryl methyl sites for hydroxylation is 2. The number of esters is 1. The van der Waals surface area contributed by atoms with Crippen LogP contribution in [0, 0.1) is 19.8 Å². The Labute approximate surface area is 163 Å². The fraction of sp³-hybridized carbons (Fsp3) is 0.682. The van der Waals surface area contributed by atoms with Gasteiger partial charge in [0.1, 0.15) is 0 Å². The van der Waals surface area contributed by atoms with Crippen LogP contribution in [0.4, 0.5) is 0 Å². The minimum Gasteiger partial charge on any atom is -0.469 e. The van der Waals surface area contributed by atoms with Crippen LogP contribution in [-0.4, -0.2) is 68.3 Å². The van der Waals surface area contributed by atoms with Crippen LogP contribution >= 0.6 is 0 Å². The highest BCUT2D eigenvalue weighted by atomic mass is 16.5. The summed E-state index contributed by atoms with van der Waals surface area (Å²) in [6, 6.07) is 7.29. The van der Waals surface area contributed by atoms with Crippen LogP contribution in [0.1, 0.15) is 36.0 Å². The summed E-state index contributed by atoms with van der Waals surface area (Å²) in [5, 5.41) is 0. The first-order valence-electron chi connectivity index (χ1n) is 10.2. The molecule has 0 radical (unpaired) electrons. The molecule has 5 nitrogen and oxygen atoms in total. The summed E-state index contributed by atoms with van der Waals surface area (Å²) < 4.78 is 10.4. The second-order valence-corrected chi connectivity index (χ2v) is 8.04. The number of carbonyl (C=O) groups excluding carboxylic acids is 1. The van der Waals surface area contributed by atoms with E-state index in [1.165, 1.54) is 23.8 Å². The fourth-order valence-electron chi connectivity index (χ4n) is 4.58. The Kier molecular flexibility index (Phi) is 7.27. The number of rotatable bonds is 6. The lowest BCUT2D eigenvalue weighted by molar-refractivity contribution is -0.141. The summed E-state index contributed by atoms with van der Waals surface area (Å²) in [5.74, 6) is 0.406. The number of hydrogen-bond donors (Lipinski definition) is 0.